The molecule has 5 rings (SSSR count). The number of hydrogen-bond donors (Lipinski definition) is 1. The van der Waals surface area contributed by atoms with Gasteiger partial charge >= 0.3 is 6.09 Å². The number of allylic oxidation sites excluding steroid dienone is 4. The first-order chi connectivity index (χ1) is 17.6. The minimum atomic E-state index is -0.960. The fourth-order valence-electron chi connectivity index (χ4n) is 7.91. The van der Waals surface area contributed by atoms with Crippen molar-refractivity contribution in [1.29, 1.82) is 5.26 Å². The highest BCUT2D eigenvalue weighted by Gasteiger charge is 2.64. The lowest BCUT2D eigenvalue weighted by molar-refractivity contribution is 0.000717. The van der Waals surface area contributed by atoms with Gasteiger partial charge in [-0.25, -0.2) is 4.79 Å². The topological polar surface area (TPSA) is 85.9 Å². The van der Waals surface area contributed by atoms with E-state index in [2.05, 4.69) is 24.2 Å². The summed E-state index contributed by atoms with van der Waals surface area (Å²) in [7, 11) is 0. The smallest absolute Gasteiger partial charge is 0.412 e. The molecule has 2 saturated carbocycles. The van der Waals surface area contributed by atoms with E-state index in [4.69, 9.17) is 4.84 Å². The third-order valence-electron chi connectivity index (χ3n) is 9.51. The highest BCUT2D eigenvalue weighted by molar-refractivity contribution is 5.97. The first-order valence-corrected chi connectivity index (χ1v) is 13.7. The fourth-order valence-corrected chi connectivity index (χ4v) is 7.91. The van der Waals surface area contributed by atoms with E-state index in [0.717, 1.165) is 57.1 Å². The Kier molecular flexibility index (Phi) is 6.46. The van der Waals surface area contributed by atoms with Crippen molar-refractivity contribution in [3.8, 4) is 6.07 Å². The van der Waals surface area contributed by atoms with Crippen LogP contribution in [0.4, 0.5) is 10.5 Å². The number of hydrogen-bond acceptors (Lipinski definition) is 4. The van der Waals surface area contributed by atoms with Gasteiger partial charge in [0.25, 0.3) is 0 Å². The molecular formula is C31H39N3O3. The van der Waals surface area contributed by atoms with Gasteiger partial charge < -0.3 is 9.94 Å². The molecule has 196 valence electrons. The summed E-state index contributed by atoms with van der Waals surface area (Å²) in [5, 5.41) is 24.9. The van der Waals surface area contributed by atoms with Crippen LogP contribution in [0.15, 0.2) is 58.3 Å². The van der Waals surface area contributed by atoms with Crippen LogP contribution in [0, 0.1) is 28.6 Å². The summed E-state index contributed by atoms with van der Waals surface area (Å²) in [5.41, 5.74) is 4.95. The molecule has 4 atom stereocenters. The second kappa shape index (κ2) is 9.35. The van der Waals surface area contributed by atoms with Crippen molar-refractivity contribution in [1.82, 2.24) is 0 Å². The van der Waals surface area contributed by atoms with Crippen molar-refractivity contribution < 1.29 is 14.7 Å². The van der Waals surface area contributed by atoms with E-state index in [9.17, 15) is 15.2 Å². The van der Waals surface area contributed by atoms with Crippen LogP contribution >= 0.6 is 0 Å². The predicted octanol–water partition coefficient (Wildman–Crippen LogP) is 7.63. The summed E-state index contributed by atoms with van der Waals surface area (Å²) >= 11 is 0. The lowest BCUT2D eigenvalue weighted by Gasteiger charge is -2.56. The monoisotopic (exact) mass is 501 g/mol. The van der Waals surface area contributed by atoms with Crippen LogP contribution in [0.25, 0.3) is 0 Å². The van der Waals surface area contributed by atoms with Crippen molar-refractivity contribution >= 4 is 17.5 Å². The van der Waals surface area contributed by atoms with Crippen molar-refractivity contribution in [2.45, 2.75) is 96.6 Å². The van der Waals surface area contributed by atoms with Crippen LogP contribution in [-0.4, -0.2) is 28.1 Å². The Morgan fingerprint density at radius 3 is 2.59 bits per heavy atom. The van der Waals surface area contributed by atoms with Gasteiger partial charge in [-0.15, -0.1) is 0 Å². The van der Waals surface area contributed by atoms with E-state index in [1.165, 1.54) is 11.1 Å². The fraction of sp³-hybridized carbons (Fsp3) is 0.581. The molecule has 2 fully saturated rings. The molecule has 37 heavy (non-hydrogen) atoms. The van der Waals surface area contributed by atoms with Gasteiger partial charge in [0.15, 0.2) is 0 Å². The van der Waals surface area contributed by atoms with Gasteiger partial charge in [0.1, 0.15) is 5.60 Å². The number of nitrogens with zero attached hydrogens (tertiary/aromatic N) is 3. The number of nitriles is 1. The van der Waals surface area contributed by atoms with E-state index in [0.29, 0.717) is 17.5 Å². The van der Waals surface area contributed by atoms with Crippen LogP contribution in [0.1, 0.15) is 85.5 Å². The van der Waals surface area contributed by atoms with E-state index >= 15 is 0 Å². The maximum absolute atomic E-state index is 12.8. The van der Waals surface area contributed by atoms with E-state index in [-0.39, 0.29) is 17.4 Å². The Labute approximate surface area is 220 Å². The van der Waals surface area contributed by atoms with Gasteiger partial charge in [0.05, 0.1) is 23.7 Å². The Morgan fingerprint density at radius 2 is 1.92 bits per heavy atom. The highest BCUT2D eigenvalue weighted by atomic mass is 16.6. The average Bonchev–Trinajstić information content (AvgIpc) is 3.15. The van der Waals surface area contributed by atoms with E-state index in [1.807, 2.05) is 51.1 Å². The Balaban J connectivity index is 1.50. The zero-order valence-corrected chi connectivity index (χ0v) is 22.6. The van der Waals surface area contributed by atoms with Crippen molar-refractivity contribution in [3.05, 3.63) is 53.1 Å². The van der Waals surface area contributed by atoms with Crippen LogP contribution < -0.4 is 4.90 Å². The maximum Gasteiger partial charge on any atom is 0.412 e. The molecule has 0 saturated heterocycles. The van der Waals surface area contributed by atoms with Gasteiger partial charge in [-0.1, -0.05) is 35.9 Å². The summed E-state index contributed by atoms with van der Waals surface area (Å²) < 4.78 is 0. The molecule has 1 aromatic rings. The highest BCUT2D eigenvalue weighted by Crippen LogP contribution is 2.66. The number of carbonyl (C=O) groups is 1. The van der Waals surface area contributed by atoms with Gasteiger partial charge in [0, 0.05) is 5.69 Å². The minimum absolute atomic E-state index is 0.221. The number of carboxylic acid groups (broad SMARTS) is 1. The Hall–Kier alpha value is -3.07. The molecule has 0 spiro atoms. The van der Waals surface area contributed by atoms with Crippen molar-refractivity contribution in [3.63, 3.8) is 0 Å². The zero-order valence-electron chi connectivity index (χ0n) is 22.6. The number of fused-ring (bicyclic) bond motifs is 4. The van der Waals surface area contributed by atoms with Crippen LogP contribution in [-0.2, 0) is 4.84 Å². The number of para-hydroxylation sites is 1. The summed E-state index contributed by atoms with van der Waals surface area (Å²) in [4.78, 5) is 20.0. The molecule has 6 nitrogen and oxygen atoms in total. The molecule has 0 radical (unpaired) electrons. The van der Waals surface area contributed by atoms with Gasteiger partial charge in [-0.2, -0.15) is 5.26 Å². The second-order valence-corrected chi connectivity index (χ2v) is 12.5. The number of rotatable bonds is 4. The number of amides is 1. The van der Waals surface area contributed by atoms with E-state index < -0.39 is 11.6 Å². The molecule has 0 aliphatic heterocycles. The number of anilines is 1. The number of benzene rings is 1. The Bertz CT molecular complexity index is 1200. The second-order valence-electron chi connectivity index (χ2n) is 12.5. The van der Waals surface area contributed by atoms with Crippen molar-refractivity contribution in [2.24, 2.45) is 22.4 Å². The predicted molar refractivity (Wildman–Crippen MR) is 145 cm³/mol. The zero-order chi connectivity index (χ0) is 26.4. The van der Waals surface area contributed by atoms with Gasteiger partial charge in [0.2, 0.25) is 0 Å². The molecule has 1 aromatic carbocycles. The third-order valence-corrected chi connectivity index (χ3v) is 9.51. The summed E-state index contributed by atoms with van der Waals surface area (Å²) in [6.45, 7) is 8.33. The summed E-state index contributed by atoms with van der Waals surface area (Å²) in [6, 6.07) is 11.8. The molecule has 0 heterocycles. The largest absolute Gasteiger partial charge is 0.465 e. The molecule has 1 amide bonds. The number of oxime groups is 1. The standard InChI is InChI=1S/C31H39N3O3/c1-29(2,3)37-33-22-11-13-24-21(20-22)10-12-26-25(24)14-16-30(4)27(26)15-17-31(30,18-19-32)34(28(35)36)23-8-6-5-7-9-23/h5-9,20,26-27H,10-18H2,1-4H3,(H,35,36)/b33-22+/t26-,27+,30+,31-/m1/s1. The molecule has 0 bridgehead atoms. The van der Waals surface area contributed by atoms with Gasteiger partial charge in [-0.05, 0) is 119 Å². The molecule has 1 N–H and O–H groups in total. The molecule has 6 heteroatoms. The Morgan fingerprint density at radius 1 is 1.16 bits per heavy atom. The molecule has 0 aromatic heterocycles. The van der Waals surface area contributed by atoms with Gasteiger partial charge in [-0.3, -0.25) is 4.90 Å². The van der Waals surface area contributed by atoms with Crippen LogP contribution in [0.2, 0.25) is 0 Å². The first-order valence-electron chi connectivity index (χ1n) is 13.7. The minimum Gasteiger partial charge on any atom is -0.465 e. The molecule has 0 unspecified atom stereocenters. The maximum atomic E-state index is 12.8. The van der Waals surface area contributed by atoms with Crippen LogP contribution in [0.5, 0.6) is 0 Å². The summed E-state index contributed by atoms with van der Waals surface area (Å²) in [6.07, 6.45) is 9.09. The van der Waals surface area contributed by atoms with E-state index in [1.54, 1.807) is 10.5 Å². The normalized spacial score (nSPS) is 32.1. The average molecular weight is 502 g/mol. The first kappa shape index (κ1) is 25.6. The molecular weight excluding hydrogens is 462 g/mol. The molecule has 4 aliphatic rings. The molecule has 4 aliphatic carbocycles. The quantitative estimate of drug-likeness (QED) is 0.430. The summed E-state index contributed by atoms with van der Waals surface area (Å²) in [5.74, 6) is 0.839. The van der Waals surface area contributed by atoms with Crippen molar-refractivity contribution in [2.75, 3.05) is 4.90 Å². The third kappa shape index (κ3) is 4.27. The lowest BCUT2D eigenvalue weighted by atomic mass is 9.53. The lowest BCUT2D eigenvalue weighted by Crippen LogP contribution is -2.61. The van der Waals surface area contributed by atoms with Crippen LogP contribution in [0.3, 0.4) is 0 Å². The SMILES string of the molecule is CC(C)(C)O/N=C1/C=C2CC[C@@H]3C(=C2CC1)CC[C@@]1(C)[C@H]3CC[C@]1(CC#N)N(C(=O)O)c1ccccc1.